The summed E-state index contributed by atoms with van der Waals surface area (Å²) in [6.45, 7) is 0. The summed E-state index contributed by atoms with van der Waals surface area (Å²) in [6.07, 6.45) is 1.01. The molecule has 146 valence electrons. The van der Waals surface area contributed by atoms with Gasteiger partial charge in [-0.2, -0.15) is 5.26 Å². The molecule has 0 saturated heterocycles. The van der Waals surface area contributed by atoms with Crippen molar-refractivity contribution in [2.24, 2.45) is 0 Å². The van der Waals surface area contributed by atoms with Crippen LogP contribution >= 0.6 is 0 Å². The SMILES string of the molecule is COC(=O)c1cc(OC)c(OC)cc1N/C=C(\C#N)S(=O)(=O)c1ccccc1. The third-order valence-electron chi connectivity index (χ3n) is 3.74. The molecule has 2 aromatic carbocycles. The van der Waals surface area contributed by atoms with E-state index in [4.69, 9.17) is 14.2 Å². The minimum Gasteiger partial charge on any atom is -0.493 e. The largest absolute Gasteiger partial charge is 0.493 e. The van der Waals surface area contributed by atoms with Crippen LogP contribution in [0.15, 0.2) is 58.5 Å². The number of nitrogens with one attached hydrogen (secondary N) is 1. The summed E-state index contributed by atoms with van der Waals surface area (Å²) in [5.41, 5.74) is 0.256. The van der Waals surface area contributed by atoms with E-state index in [1.54, 1.807) is 24.3 Å². The Morgan fingerprint density at radius 1 is 1.07 bits per heavy atom. The van der Waals surface area contributed by atoms with Gasteiger partial charge in [0.05, 0.1) is 37.5 Å². The van der Waals surface area contributed by atoms with Gasteiger partial charge < -0.3 is 19.5 Å². The van der Waals surface area contributed by atoms with Gasteiger partial charge in [0.2, 0.25) is 9.84 Å². The Bertz CT molecular complexity index is 1040. The summed E-state index contributed by atoms with van der Waals surface area (Å²) in [5.74, 6) is -0.0911. The predicted molar refractivity (Wildman–Crippen MR) is 102 cm³/mol. The molecule has 0 bridgehead atoms. The Hall–Kier alpha value is -3.51. The molecule has 0 fully saturated rings. The minimum atomic E-state index is -4.02. The van der Waals surface area contributed by atoms with Crippen molar-refractivity contribution in [1.29, 1.82) is 5.26 Å². The molecule has 0 radical (unpaired) electrons. The van der Waals surface area contributed by atoms with Gasteiger partial charge in [0.25, 0.3) is 0 Å². The highest BCUT2D eigenvalue weighted by atomic mass is 32.2. The minimum absolute atomic E-state index is 0.0231. The van der Waals surface area contributed by atoms with Crippen LogP contribution in [0.4, 0.5) is 5.69 Å². The van der Waals surface area contributed by atoms with Crippen LogP contribution in [0, 0.1) is 11.3 Å². The number of nitriles is 1. The molecule has 0 spiro atoms. The van der Waals surface area contributed by atoms with Crippen LogP contribution in [-0.2, 0) is 14.6 Å². The molecule has 28 heavy (non-hydrogen) atoms. The average Bonchev–Trinajstić information content (AvgIpc) is 2.73. The van der Waals surface area contributed by atoms with Gasteiger partial charge in [0, 0.05) is 18.3 Å². The first-order valence-electron chi connectivity index (χ1n) is 7.90. The number of carbonyl (C=O) groups excluding carboxylic acids is 1. The number of esters is 1. The number of carbonyl (C=O) groups is 1. The molecule has 0 aromatic heterocycles. The van der Waals surface area contributed by atoms with E-state index in [0.717, 1.165) is 6.20 Å². The Balaban J connectivity index is 2.51. The number of benzene rings is 2. The lowest BCUT2D eigenvalue weighted by Gasteiger charge is -2.14. The van der Waals surface area contributed by atoms with Gasteiger partial charge in [-0.05, 0) is 12.1 Å². The maximum absolute atomic E-state index is 12.6. The molecule has 0 aliphatic rings. The molecular weight excluding hydrogens is 384 g/mol. The third kappa shape index (κ3) is 4.24. The lowest BCUT2D eigenvalue weighted by molar-refractivity contribution is 0.0601. The lowest BCUT2D eigenvalue weighted by atomic mass is 10.1. The summed E-state index contributed by atoms with van der Waals surface area (Å²) in [4.78, 5) is 11.5. The second-order valence-electron chi connectivity index (χ2n) is 5.33. The maximum atomic E-state index is 12.6. The van der Waals surface area contributed by atoms with E-state index in [0.29, 0.717) is 5.75 Å². The van der Waals surface area contributed by atoms with Crippen LogP contribution in [0.1, 0.15) is 10.4 Å². The number of allylic oxidation sites excluding steroid dienone is 1. The number of nitrogens with zero attached hydrogens (tertiary/aromatic N) is 1. The predicted octanol–water partition coefficient (Wildman–Crippen LogP) is 2.74. The number of hydrogen-bond donors (Lipinski definition) is 1. The van der Waals surface area contributed by atoms with E-state index in [1.165, 1.54) is 45.6 Å². The fraction of sp³-hybridized carbons (Fsp3) is 0.158. The summed E-state index contributed by atoms with van der Waals surface area (Å²) >= 11 is 0. The number of sulfone groups is 1. The van der Waals surface area contributed by atoms with Gasteiger partial charge in [-0.1, -0.05) is 18.2 Å². The van der Waals surface area contributed by atoms with Gasteiger partial charge >= 0.3 is 5.97 Å². The van der Waals surface area contributed by atoms with Crippen LogP contribution in [0.3, 0.4) is 0 Å². The van der Waals surface area contributed by atoms with Gasteiger partial charge in [-0.3, -0.25) is 0 Å². The number of hydrogen-bond acceptors (Lipinski definition) is 8. The van der Waals surface area contributed by atoms with Crippen molar-refractivity contribution in [1.82, 2.24) is 0 Å². The van der Waals surface area contributed by atoms with Crippen molar-refractivity contribution in [3.05, 3.63) is 59.1 Å². The Morgan fingerprint density at radius 2 is 1.68 bits per heavy atom. The van der Waals surface area contributed by atoms with Crippen LogP contribution < -0.4 is 14.8 Å². The molecule has 0 unspecified atom stereocenters. The third-order valence-corrected chi connectivity index (χ3v) is 5.42. The zero-order chi connectivity index (χ0) is 20.7. The molecule has 0 saturated carbocycles. The van der Waals surface area contributed by atoms with Gasteiger partial charge in [0.1, 0.15) is 6.07 Å². The van der Waals surface area contributed by atoms with Gasteiger partial charge in [-0.15, -0.1) is 0 Å². The molecule has 0 heterocycles. The Labute approximate surface area is 162 Å². The van der Waals surface area contributed by atoms with E-state index < -0.39 is 20.7 Å². The number of anilines is 1. The van der Waals surface area contributed by atoms with Crippen molar-refractivity contribution < 1.29 is 27.4 Å². The molecule has 2 rings (SSSR count). The van der Waals surface area contributed by atoms with E-state index in [1.807, 2.05) is 0 Å². The molecule has 0 amide bonds. The van der Waals surface area contributed by atoms with Gasteiger partial charge in [-0.25, -0.2) is 13.2 Å². The first-order chi connectivity index (χ1) is 13.4. The zero-order valence-corrected chi connectivity index (χ0v) is 16.2. The van der Waals surface area contributed by atoms with Crippen molar-refractivity contribution in [3.63, 3.8) is 0 Å². The number of rotatable bonds is 7. The highest BCUT2D eigenvalue weighted by molar-refractivity contribution is 7.95. The summed E-state index contributed by atoms with van der Waals surface area (Å²) in [7, 11) is 0.00592. The van der Waals surface area contributed by atoms with Crippen molar-refractivity contribution in [2.75, 3.05) is 26.6 Å². The van der Waals surface area contributed by atoms with E-state index >= 15 is 0 Å². The highest BCUT2D eigenvalue weighted by Crippen LogP contribution is 2.34. The highest BCUT2D eigenvalue weighted by Gasteiger charge is 2.22. The average molecular weight is 402 g/mol. The summed E-state index contributed by atoms with van der Waals surface area (Å²) in [5, 5.41) is 12.0. The fourth-order valence-corrected chi connectivity index (χ4v) is 3.42. The normalized spacial score (nSPS) is 11.3. The number of methoxy groups -OCH3 is 3. The van der Waals surface area contributed by atoms with Gasteiger partial charge in [0.15, 0.2) is 16.4 Å². The second kappa shape index (κ2) is 8.92. The van der Waals surface area contributed by atoms with Crippen LogP contribution in [0.5, 0.6) is 11.5 Å². The smallest absolute Gasteiger partial charge is 0.340 e. The fourth-order valence-electron chi connectivity index (χ4n) is 2.32. The van der Waals surface area contributed by atoms with E-state index in [2.05, 4.69) is 5.32 Å². The molecular formula is C19H18N2O6S. The molecule has 0 aliphatic heterocycles. The second-order valence-corrected chi connectivity index (χ2v) is 7.24. The lowest BCUT2D eigenvalue weighted by Crippen LogP contribution is -2.09. The van der Waals surface area contributed by atoms with Crippen LogP contribution in [-0.4, -0.2) is 35.7 Å². The monoisotopic (exact) mass is 402 g/mol. The summed E-state index contributed by atoms with van der Waals surface area (Å²) < 4.78 is 40.3. The molecule has 8 nitrogen and oxygen atoms in total. The van der Waals surface area contributed by atoms with Crippen molar-refractivity contribution in [2.45, 2.75) is 4.90 Å². The standard InChI is InChI=1S/C19H18N2O6S/c1-25-17-9-15(19(22)27-3)16(10-18(17)26-2)21-12-14(11-20)28(23,24)13-7-5-4-6-8-13/h4-10,12,21H,1-3H3/b14-12+. The number of ether oxygens (including phenoxy) is 3. The summed E-state index contributed by atoms with van der Waals surface area (Å²) in [6, 6.07) is 12.0. The van der Waals surface area contributed by atoms with Crippen molar-refractivity contribution in [3.8, 4) is 17.6 Å². The van der Waals surface area contributed by atoms with E-state index in [9.17, 15) is 18.5 Å². The molecule has 9 heteroatoms. The first-order valence-corrected chi connectivity index (χ1v) is 9.38. The maximum Gasteiger partial charge on any atom is 0.340 e. The van der Waals surface area contributed by atoms with E-state index in [-0.39, 0.29) is 21.9 Å². The molecule has 0 atom stereocenters. The first kappa shape index (κ1) is 20.8. The van der Waals surface area contributed by atoms with Crippen LogP contribution in [0.2, 0.25) is 0 Å². The Kier molecular flexibility index (Phi) is 6.63. The molecule has 1 N–H and O–H groups in total. The molecule has 0 aliphatic carbocycles. The Morgan fingerprint density at radius 3 is 2.21 bits per heavy atom. The van der Waals surface area contributed by atoms with Crippen molar-refractivity contribution >= 4 is 21.5 Å². The quantitative estimate of drug-likeness (QED) is 0.555. The zero-order valence-electron chi connectivity index (χ0n) is 15.4. The molecule has 2 aromatic rings. The van der Waals surface area contributed by atoms with Crippen LogP contribution in [0.25, 0.3) is 0 Å². The topological polar surface area (TPSA) is 115 Å².